The number of unbranched alkanes of at least 4 members (excludes halogenated alkanes) is 1. The zero-order chi connectivity index (χ0) is 12.1. The van der Waals surface area contributed by atoms with E-state index in [1.807, 2.05) is 13.8 Å². The van der Waals surface area contributed by atoms with Crippen LogP contribution in [0.15, 0.2) is 12.1 Å². The molecule has 0 spiro atoms. The molecule has 88 valence electrons. The minimum Gasteiger partial charge on any atom is -0.462 e. The highest BCUT2D eigenvalue weighted by Gasteiger charge is 2.12. The van der Waals surface area contributed by atoms with Crippen LogP contribution >= 0.6 is 0 Å². The van der Waals surface area contributed by atoms with Gasteiger partial charge in [-0.05, 0) is 43.5 Å². The summed E-state index contributed by atoms with van der Waals surface area (Å²) in [5.74, 6) is -0.256. The van der Waals surface area contributed by atoms with Crippen LogP contribution in [-0.2, 0) is 4.74 Å². The van der Waals surface area contributed by atoms with E-state index >= 15 is 0 Å². The topological polar surface area (TPSA) is 52.3 Å². The highest BCUT2D eigenvalue weighted by Crippen LogP contribution is 2.20. The number of benzene rings is 1. The van der Waals surface area contributed by atoms with Gasteiger partial charge in [0.25, 0.3) is 0 Å². The van der Waals surface area contributed by atoms with Crippen molar-refractivity contribution in [3.8, 4) is 0 Å². The summed E-state index contributed by atoms with van der Waals surface area (Å²) in [5.41, 5.74) is 8.94. The Bertz CT molecular complexity index is 386. The number of rotatable bonds is 4. The third kappa shape index (κ3) is 2.75. The number of esters is 1. The van der Waals surface area contributed by atoms with Gasteiger partial charge in [-0.1, -0.05) is 13.3 Å². The van der Waals surface area contributed by atoms with Crippen LogP contribution in [0.3, 0.4) is 0 Å². The van der Waals surface area contributed by atoms with Crippen molar-refractivity contribution in [2.24, 2.45) is 0 Å². The summed E-state index contributed by atoms with van der Waals surface area (Å²) in [6.45, 7) is 6.35. The molecule has 0 saturated carbocycles. The molecule has 0 atom stereocenters. The molecule has 1 aromatic rings. The van der Waals surface area contributed by atoms with E-state index in [0.717, 1.165) is 24.0 Å². The van der Waals surface area contributed by atoms with Gasteiger partial charge in [0.05, 0.1) is 12.2 Å². The number of nitrogens with two attached hydrogens (primary N) is 1. The lowest BCUT2D eigenvalue weighted by molar-refractivity contribution is 0.0499. The number of hydrogen-bond donors (Lipinski definition) is 1. The molecule has 0 aromatic heterocycles. The predicted molar refractivity (Wildman–Crippen MR) is 65.5 cm³/mol. The van der Waals surface area contributed by atoms with Crippen LogP contribution in [0.25, 0.3) is 0 Å². The van der Waals surface area contributed by atoms with E-state index in [9.17, 15) is 4.79 Å². The molecule has 0 bridgehead atoms. The smallest absolute Gasteiger partial charge is 0.338 e. The lowest BCUT2D eigenvalue weighted by atomic mass is 10.0. The van der Waals surface area contributed by atoms with E-state index in [2.05, 4.69) is 6.92 Å². The Balaban J connectivity index is 2.80. The molecular formula is C13H19NO2. The zero-order valence-electron chi connectivity index (χ0n) is 10.2. The number of carbonyl (C=O) groups is 1. The molecule has 0 unspecified atom stereocenters. The molecule has 0 aliphatic rings. The van der Waals surface area contributed by atoms with Crippen molar-refractivity contribution in [1.29, 1.82) is 0 Å². The van der Waals surface area contributed by atoms with Gasteiger partial charge < -0.3 is 10.5 Å². The van der Waals surface area contributed by atoms with E-state index in [4.69, 9.17) is 10.5 Å². The summed E-state index contributed by atoms with van der Waals surface area (Å²) in [6.07, 6.45) is 1.92. The van der Waals surface area contributed by atoms with Gasteiger partial charge in [-0.3, -0.25) is 0 Å². The highest BCUT2D eigenvalue weighted by molar-refractivity contribution is 5.92. The van der Waals surface area contributed by atoms with Gasteiger partial charge in [0, 0.05) is 5.69 Å². The summed E-state index contributed by atoms with van der Waals surface area (Å²) >= 11 is 0. The summed E-state index contributed by atoms with van der Waals surface area (Å²) < 4.78 is 5.16. The number of carbonyl (C=O) groups excluding carboxylic acids is 1. The van der Waals surface area contributed by atoms with Crippen molar-refractivity contribution in [3.05, 3.63) is 28.8 Å². The molecule has 1 aromatic carbocycles. The maximum atomic E-state index is 11.7. The average Bonchev–Trinajstić information content (AvgIpc) is 2.26. The van der Waals surface area contributed by atoms with E-state index in [0.29, 0.717) is 17.9 Å². The molecule has 3 heteroatoms. The second-order valence-electron chi connectivity index (χ2n) is 3.94. The molecule has 0 aliphatic carbocycles. The quantitative estimate of drug-likeness (QED) is 0.483. The van der Waals surface area contributed by atoms with Gasteiger partial charge in [0.2, 0.25) is 0 Å². The first-order valence-corrected chi connectivity index (χ1v) is 5.60. The summed E-state index contributed by atoms with van der Waals surface area (Å²) in [4.78, 5) is 11.7. The molecular weight excluding hydrogens is 202 g/mol. The monoisotopic (exact) mass is 221 g/mol. The second kappa shape index (κ2) is 5.54. The maximum absolute atomic E-state index is 11.7. The second-order valence-corrected chi connectivity index (χ2v) is 3.94. The molecule has 0 amide bonds. The SMILES string of the molecule is CCCCOC(=O)c1ccc(N)c(C)c1C. The summed E-state index contributed by atoms with van der Waals surface area (Å²) in [7, 11) is 0. The van der Waals surface area contributed by atoms with Gasteiger partial charge in [0.1, 0.15) is 0 Å². The molecule has 0 fully saturated rings. The fourth-order valence-electron chi connectivity index (χ4n) is 1.45. The molecule has 0 saturated heterocycles. The van der Waals surface area contributed by atoms with Crippen molar-refractivity contribution in [3.63, 3.8) is 0 Å². The fraction of sp³-hybridized carbons (Fsp3) is 0.462. The Morgan fingerprint density at radius 1 is 1.31 bits per heavy atom. The average molecular weight is 221 g/mol. The normalized spacial score (nSPS) is 10.2. The van der Waals surface area contributed by atoms with E-state index in [1.165, 1.54) is 0 Å². The number of nitrogen functional groups attached to an aromatic ring is 1. The van der Waals surface area contributed by atoms with Gasteiger partial charge in [-0.15, -0.1) is 0 Å². The third-order valence-corrected chi connectivity index (χ3v) is 2.78. The van der Waals surface area contributed by atoms with Crippen LogP contribution in [-0.4, -0.2) is 12.6 Å². The van der Waals surface area contributed by atoms with Crippen molar-refractivity contribution in [2.75, 3.05) is 12.3 Å². The summed E-state index contributed by atoms with van der Waals surface area (Å²) in [6, 6.07) is 3.48. The molecule has 0 heterocycles. The first-order chi connectivity index (χ1) is 7.57. The Morgan fingerprint density at radius 3 is 2.62 bits per heavy atom. The standard InChI is InChI=1S/C13H19NO2/c1-4-5-8-16-13(15)11-6-7-12(14)10(3)9(11)2/h6-7H,4-5,8,14H2,1-3H3. The van der Waals surface area contributed by atoms with Crippen molar-refractivity contribution in [2.45, 2.75) is 33.6 Å². The Hall–Kier alpha value is -1.51. The molecule has 3 nitrogen and oxygen atoms in total. The minimum absolute atomic E-state index is 0.256. The van der Waals surface area contributed by atoms with E-state index < -0.39 is 0 Å². The largest absolute Gasteiger partial charge is 0.462 e. The van der Waals surface area contributed by atoms with Crippen LogP contribution in [0.5, 0.6) is 0 Å². The van der Waals surface area contributed by atoms with Crippen LogP contribution in [0, 0.1) is 13.8 Å². The van der Waals surface area contributed by atoms with Crippen molar-refractivity contribution < 1.29 is 9.53 Å². The van der Waals surface area contributed by atoms with Crippen LogP contribution in [0.1, 0.15) is 41.3 Å². The summed E-state index contributed by atoms with van der Waals surface area (Å²) in [5, 5.41) is 0. The number of ether oxygens (including phenoxy) is 1. The molecule has 2 N–H and O–H groups in total. The number of hydrogen-bond acceptors (Lipinski definition) is 3. The van der Waals surface area contributed by atoms with Gasteiger partial charge in [0.15, 0.2) is 0 Å². The predicted octanol–water partition coefficient (Wildman–Crippen LogP) is 2.84. The third-order valence-electron chi connectivity index (χ3n) is 2.78. The molecule has 16 heavy (non-hydrogen) atoms. The van der Waals surface area contributed by atoms with Gasteiger partial charge in [-0.25, -0.2) is 4.79 Å². The maximum Gasteiger partial charge on any atom is 0.338 e. The first-order valence-electron chi connectivity index (χ1n) is 5.60. The van der Waals surface area contributed by atoms with E-state index in [-0.39, 0.29) is 5.97 Å². The van der Waals surface area contributed by atoms with Crippen LogP contribution in [0.2, 0.25) is 0 Å². The Kier molecular flexibility index (Phi) is 4.35. The molecule has 0 aliphatic heterocycles. The molecule has 1 rings (SSSR count). The lowest BCUT2D eigenvalue weighted by Crippen LogP contribution is -2.09. The van der Waals surface area contributed by atoms with Crippen molar-refractivity contribution >= 4 is 11.7 Å². The first kappa shape index (κ1) is 12.6. The van der Waals surface area contributed by atoms with Crippen LogP contribution in [0.4, 0.5) is 5.69 Å². The van der Waals surface area contributed by atoms with Gasteiger partial charge in [-0.2, -0.15) is 0 Å². The van der Waals surface area contributed by atoms with Crippen LogP contribution < -0.4 is 5.73 Å². The number of anilines is 1. The minimum atomic E-state index is -0.256. The fourth-order valence-corrected chi connectivity index (χ4v) is 1.45. The molecule has 0 radical (unpaired) electrons. The lowest BCUT2D eigenvalue weighted by Gasteiger charge is -2.10. The van der Waals surface area contributed by atoms with Gasteiger partial charge >= 0.3 is 5.97 Å². The Morgan fingerprint density at radius 2 is 2.00 bits per heavy atom. The van der Waals surface area contributed by atoms with E-state index in [1.54, 1.807) is 12.1 Å². The highest BCUT2D eigenvalue weighted by atomic mass is 16.5. The Labute approximate surface area is 96.6 Å². The van der Waals surface area contributed by atoms with Crippen molar-refractivity contribution in [1.82, 2.24) is 0 Å². The zero-order valence-corrected chi connectivity index (χ0v) is 10.2.